The van der Waals surface area contributed by atoms with Crippen molar-refractivity contribution in [2.24, 2.45) is 11.8 Å². The van der Waals surface area contributed by atoms with Crippen LogP contribution < -0.4 is 0 Å². The Morgan fingerprint density at radius 2 is 1.94 bits per heavy atom. The van der Waals surface area contributed by atoms with Gasteiger partial charge in [-0.3, -0.25) is 0 Å². The Bertz CT molecular complexity index is 379. The molecule has 1 aliphatic carbocycles. The smallest absolute Gasteiger partial charge is 0.124 e. The first-order valence-corrected chi connectivity index (χ1v) is 7.53. The molecule has 1 unspecified atom stereocenters. The third-order valence-electron chi connectivity index (χ3n) is 4.14. The Kier molecular flexibility index (Phi) is 4.79. The van der Waals surface area contributed by atoms with Crippen LogP contribution in [0.1, 0.15) is 50.7 Å². The number of hydrogen-bond acceptors (Lipinski definition) is 1. The Hall–Kier alpha value is -0.410. The van der Waals surface area contributed by atoms with E-state index in [2.05, 4.69) is 22.9 Å². The molecule has 1 saturated carbocycles. The molecule has 0 amide bonds. The van der Waals surface area contributed by atoms with E-state index >= 15 is 0 Å². The summed E-state index contributed by atoms with van der Waals surface area (Å²) in [5.41, 5.74) is 0.696. The molecule has 1 aromatic carbocycles. The molecule has 3 heteroatoms. The van der Waals surface area contributed by atoms with E-state index in [1.165, 1.54) is 31.4 Å². The third kappa shape index (κ3) is 3.33. The van der Waals surface area contributed by atoms with Gasteiger partial charge in [-0.1, -0.05) is 42.1 Å². The van der Waals surface area contributed by atoms with Crippen LogP contribution in [0.15, 0.2) is 22.7 Å². The van der Waals surface area contributed by atoms with Crippen LogP contribution in [-0.2, 0) is 0 Å². The second kappa shape index (κ2) is 6.16. The summed E-state index contributed by atoms with van der Waals surface area (Å²) in [7, 11) is 0. The summed E-state index contributed by atoms with van der Waals surface area (Å²) in [6.45, 7) is 2.23. The molecular weight excluding hydrogens is 295 g/mol. The standard InChI is InChI=1S/C15H20BrFO/c1-2-10-3-5-11(6-4-10)15(18)12-7-13(16)9-14(17)8-12/h7-11,15,18H,2-6H2,1H3. The number of aliphatic hydroxyl groups is 1. The van der Waals surface area contributed by atoms with Crippen molar-refractivity contribution in [3.05, 3.63) is 34.1 Å². The molecule has 0 heterocycles. The summed E-state index contributed by atoms with van der Waals surface area (Å²) < 4.78 is 14.0. The predicted octanol–water partition coefficient (Wildman–Crippen LogP) is 4.84. The van der Waals surface area contributed by atoms with Crippen LogP contribution in [0.3, 0.4) is 0 Å². The van der Waals surface area contributed by atoms with Crippen LogP contribution in [0.25, 0.3) is 0 Å². The van der Waals surface area contributed by atoms with Gasteiger partial charge in [0.1, 0.15) is 5.82 Å². The van der Waals surface area contributed by atoms with Crippen LogP contribution in [0.2, 0.25) is 0 Å². The van der Waals surface area contributed by atoms with Crippen molar-refractivity contribution in [2.45, 2.75) is 45.1 Å². The first-order valence-electron chi connectivity index (χ1n) is 6.74. The number of hydrogen-bond donors (Lipinski definition) is 1. The minimum Gasteiger partial charge on any atom is -0.388 e. The molecule has 100 valence electrons. The van der Waals surface area contributed by atoms with Gasteiger partial charge in [0.05, 0.1) is 6.10 Å². The molecule has 0 spiro atoms. The summed E-state index contributed by atoms with van der Waals surface area (Å²) in [6, 6.07) is 4.69. The average molecular weight is 315 g/mol. The lowest BCUT2D eigenvalue weighted by atomic mass is 9.77. The van der Waals surface area contributed by atoms with Crippen molar-refractivity contribution in [1.82, 2.24) is 0 Å². The maximum Gasteiger partial charge on any atom is 0.124 e. The summed E-state index contributed by atoms with van der Waals surface area (Å²) in [5, 5.41) is 10.4. The molecule has 0 saturated heterocycles. The average Bonchev–Trinajstić information content (AvgIpc) is 2.37. The summed E-state index contributed by atoms with van der Waals surface area (Å²) >= 11 is 3.27. The van der Waals surface area contributed by atoms with E-state index in [1.807, 2.05) is 6.07 Å². The van der Waals surface area contributed by atoms with Crippen molar-refractivity contribution in [1.29, 1.82) is 0 Å². The molecule has 0 radical (unpaired) electrons. The minimum atomic E-state index is -0.533. The molecular formula is C15H20BrFO. The summed E-state index contributed by atoms with van der Waals surface area (Å²) in [6.07, 6.45) is 5.18. The normalized spacial score (nSPS) is 26.0. The van der Waals surface area contributed by atoms with Crippen LogP contribution in [0.5, 0.6) is 0 Å². The van der Waals surface area contributed by atoms with Crippen LogP contribution in [0, 0.1) is 17.7 Å². The van der Waals surface area contributed by atoms with E-state index in [0.717, 1.165) is 18.8 Å². The zero-order chi connectivity index (χ0) is 13.1. The zero-order valence-corrected chi connectivity index (χ0v) is 12.3. The topological polar surface area (TPSA) is 20.2 Å². The molecule has 0 bridgehead atoms. The van der Waals surface area contributed by atoms with E-state index in [-0.39, 0.29) is 11.7 Å². The lowest BCUT2D eigenvalue weighted by Gasteiger charge is -2.31. The van der Waals surface area contributed by atoms with Gasteiger partial charge in [-0.25, -0.2) is 4.39 Å². The Morgan fingerprint density at radius 3 is 2.50 bits per heavy atom. The monoisotopic (exact) mass is 314 g/mol. The number of halogens is 2. The maximum atomic E-state index is 13.3. The first-order chi connectivity index (χ1) is 8.60. The minimum absolute atomic E-state index is 0.279. The molecule has 1 nitrogen and oxygen atoms in total. The van der Waals surface area contributed by atoms with E-state index in [9.17, 15) is 9.50 Å². The highest BCUT2D eigenvalue weighted by Gasteiger charge is 2.27. The second-order valence-electron chi connectivity index (χ2n) is 5.34. The Balaban J connectivity index is 2.05. The van der Waals surface area contributed by atoms with Gasteiger partial charge in [0.15, 0.2) is 0 Å². The largest absolute Gasteiger partial charge is 0.388 e. The highest BCUT2D eigenvalue weighted by Crippen LogP contribution is 2.38. The molecule has 1 aliphatic rings. The number of aliphatic hydroxyl groups excluding tert-OH is 1. The molecule has 2 rings (SSSR count). The lowest BCUT2D eigenvalue weighted by molar-refractivity contribution is 0.0726. The fourth-order valence-electron chi connectivity index (χ4n) is 2.93. The van der Waals surface area contributed by atoms with Gasteiger partial charge in [0, 0.05) is 4.47 Å². The first kappa shape index (κ1) is 14.0. The molecule has 18 heavy (non-hydrogen) atoms. The summed E-state index contributed by atoms with van der Waals surface area (Å²) in [4.78, 5) is 0. The molecule has 1 atom stereocenters. The van der Waals surface area contributed by atoms with Crippen LogP contribution >= 0.6 is 15.9 Å². The molecule has 0 aromatic heterocycles. The number of benzene rings is 1. The maximum absolute atomic E-state index is 13.3. The van der Waals surface area contributed by atoms with Crippen molar-refractivity contribution in [3.63, 3.8) is 0 Å². The highest BCUT2D eigenvalue weighted by atomic mass is 79.9. The predicted molar refractivity (Wildman–Crippen MR) is 74.8 cm³/mol. The SMILES string of the molecule is CCC1CCC(C(O)c2cc(F)cc(Br)c2)CC1. The molecule has 1 aromatic rings. The van der Waals surface area contributed by atoms with E-state index < -0.39 is 6.10 Å². The van der Waals surface area contributed by atoms with Crippen molar-refractivity contribution < 1.29 is 9.50 Å². The quantitative estimate of drug-likeness (QED) is 0.846. The van der Waals surface area contributed by atoms with Crippen molar-refractivity contribution in [2.75, 3.05) is 0 Å². The second-order valence-corrected chi connectivity index (χ2v) is 6.25. The molecule has 0 aliphatic heterocycles. The van der Waals surface area contributed by atoms with Crippen LogP contribution in [-0.4, -0.2) is 5.11 Å². The highest BCUT2D eigenvalue weighted by molar-refractivity contribution is 9.10. The lowest BCUT2D eigenvalue weighted by Crippen LogP contribution is -2.20. The summed E-state index contributed by atoms with van der Waals surface area (Å²) in [5.74, 6) is 0.801. The van der Waals surface area contributed by atoms with Gasteiger partial charge < -0.3 is 5.11 Å². The van der Waals surface area contributed by atoms with Gasteiger partial charge in [-0.05, 0) is 48.4 Å². The van der Waals surface area contributed by atoms with Gasteiger partial charge in [-0.2, -0.15) is 0 Å². The fourth-order valence-corrected chi connectivity index (χ4v) is 3.41. The Morgan fingerprint density at radius 1 is 1.28 bits per heavy atom. The van der Waals surface area contributed by atoms with E-state index in [4.69, 9.17) is 0 Å². The third-order valence-corrected chi connectivity index (χ3v) is 4.60. The van der Waals surface area contributed by atoms with E-state index in [0.29, 0.717) is 10.0 Å². The molecule has 1 N–H and O–H groups in total. The number of rotatable bonds is 3. The fraction of sp³-hybridized carbons (Fsp3) is 0.600. The Labute approximate surface area is 117 Å². The van der Waals surface area contributed by atoms with Gasteiger partial charge in [-0.15, -0.1) is 0 Å². The zero-order valence-electron chi connectivity index (χ0n) is 10.7. The van der Waals surface area contributed by atoms with E-state index in [1.54, 1.807) is 0 Å². The molecule has 1 fully saturated rings. The van der Waals surface area contributed by atoms with Crippen molar-refractivity contribution >= 4 is 15.9 Å². The van der Waals surface area contributed by atoms with Crippen LogP contribution in [0.4, 0.5) is 4.39 Å². The van der Waals surface area contributed by atoms with Gasteiger partial charge >= 0.3 is 0 Å². The van der Waals surface area contributed by atoms with Gasteiger partial charge in [0.25, 0.3) is 0 Å². The van der Waals surface area contributed by atoms with Gasteiger partial charge in [0.2, 0.25) is 0 Å². The van der Waals surface area contributed by atoms with Crippen molar-refractivity contribution in [3.8, 4) is 0 Å².